The molecule has 0 fully saturated rings. The molecule has 0 aliphatic carbocycles. The molecule has 6 nitrogen and oxygen atoms in total. The topological polar surface area (TPSA) is 72.2 Å². The first-order valence-corrected chi connectivity index (χ1v) is 6.67. The van der Waals surface area contributed by atoms with Crippen molar-refractivity contribution < 1.29 is 4.92 Å². The van der Waals surface area contributed by atoms with Crippen LogP contribution in [0.2, 0.25) is 0 Å². The summed E-state index contributed by atoms with van der Waals surface area (Å²) in [6.45, 7) is 2.36. The van der Waals surface area contributed by atoms with E-state index >= 15 is 0 Å². The molecule has 0 aliphatic heterocycles. The van der Waals surface area contributed by atoms with Gasteiger partial charge in [0.25, 0.3) is 0 Å². The fourth-order valence-corrected chi connectivity index (χ4v) is 2.40. The molecule has 0 radical (unpaired) electrons. The maximum atomic E-state index is 11.1. The lowest BCUT2D eigenvalue weighted by Crippen LogP contribution is -2.22. The van der Waals surface area contributed by atoms with Crippen molar-refractivity contribution in [2.45, 2.75) is 13.3 Å². The van der Waals surface area contributed by atoms with Crippen LogP contribution in [-0.2, 0) is 6.42 Å². The van der Waals surface area contributed by atoms with E-state index in [4.69, 9.17) is 0 Å². The van der Waals surface area contributed by atoms with Crippen molar-refractivity contribution in [2.24, 2.45) is 0 Å². The predicted molar refractivity (Wildman–Crippen MR) is 74.7 cm³/mol. The molecule has 100 valence electrons. The number of pyridine rings is 1. The van der Waals surface area contributed by atoms with E-state index < -0.39 is 0 Å². The van der Waals surface area contributed by atoms with Gasteiger partial charge in [0, 0.05) is 43.4 Å². The second-order valence-electron chi connectivity index (χ2n) is 4.15. The lowest BCUT2D eigenvalue weighted by Gasteiger charge is -2.17. The minimum absolute atomic E-state index is 0.0733. The zero-order chi connectivity index (χ0) is 13.8. The highest BCUT2D eigenvalue weighted by Crippen LogP contribution is 2.28. The fourth-order valence-electron chi connectivity index (χ4n) is 1.79. The van der Waals surface area contributed by atoms with Crippen LogP contribution in [0, 0.1) is 17.0 Å². The Morgan fingerprint density at radius 2 is 2.21 bits per heavy atom. The summed E-state index contributed by atoms with van der Waals surface area (Å²) in [5.41, 5.74) is 0.695. The Bertz CT molecular complexity index is 571. The SMILES string of the molecule is Cc1ccnc(N(C)CCc2nccs2)c1[N+](=O)[O-]. The average Bonchev–Trinajstić information content (AvgIpc) is 2.88. The van der Waals surface area contributed by atoms with Gasteiger partial charge in [0.2, 0.25) is 5.82 Å². The van der Waals surface area contributed by atoms with Crippen molar-refractivity contribution in [1.82, 2.24) is 9.97 Å². The Labute approximate surface area is 114 Å². The summed E-state index contributed by atoms with van der Waals surface area (Å²) in [5.74, 6) is 0.404. The van der Waals surface area contributed by atoms with Crippen molar-refractivity contribution >= 4 is 22.8 Å². The minimum Gasteiger partial charge on any atom is -0.354 e. The zero-order valence-corrected chi connectivity index (χ0v) is 11.6. The van der Waals surface area contributed by atoms with Crippen molar-refractivity contribution in [2.75, 3.05) is 18.5 Å². The summed E-state index contributed by atoms with van der Waals surface area (Å²) < 4.78 is 0. The van der Waals surface area contributed by atoms with Gasteiger partial charge in [-0.3, -0.25) is 10.1 Å². The monoisotopic (exact) mass is 278 g/mol. The van der Waals surface area contributed by atoms with Crippen molar-refractivity contribution in [1.29, 1.82) is 0 Å². The number of anilines is 1. The van der Waals surface area contributed by atoms with Crippen LogP contribution in [0.25, 0.3) is 0 Å². The van der Waals surface area contributed by atoms with Gasteiger partial charge in [-0.2, -0.15) is 0 Å². The molecular weight excluding hydrogens is 264 g/mol. The average molecular weight is 278 g/mol. The van der Waals surface area contributed by atoms with Gasteiger partial charge in [0.05, 0.1) is 9.93 Å². The van der Waals surface area contributed by atoms with E-state index in [1.807, 2.05) is 12.4 Å². The van der Waals surface area contributed by atoms with E-state index in [9.17, 15) is 10.1 Å². The number of hydrogen-bond donors (Lipinski definition) is 0. The number of rotatable bonds is 5. The quantitative estimate of drug-likeness (QED) is 0.620. The first-order chi connectivity index (χ1) is 9.09. The normalized spacial score (nSPS) is 10.4. The first-order valence-electron chi connectivity index (χ1n) is 5.79. The lowest BCUT2D eigenvalue weighted by atomic mass is 10.2. The number of thiazole rings is 1. The molecule has 0 spiro atoms. The molecule has 0 aliphatic rings. The molecule has 0 amide bonds. The summed E-state index contributed by atoms with van der Waals surface area (Å²) in [7, 11) is 1.81. The van der Waals surface area contributed by atoms with E-state index in [2.05, 4.69) is 9.97 Å². The third-order valence-electron chi connectivity index (χ3n) is 2.80. The Hall–Kier alpha value is -2.02. The fraction of sp³-hybridized carbons (Fsp3) is 0.333. The van der Waals surface area contributed by atoms with Crippen LogP contribution in [-0.4, -0.2) is 28.5 Å². The maximum absolute atomic E-state index is 11.1. The van der Waals surface area contributed by atoms with Gasteiger partial charge < -0.3 is 4.90 Å². The van der Waals surface area contributed by atoms with Gasteiger partial charge in [0.15, 0.2) is 0 Å². The van der Waals surface area contributed by atoms with Crippen LogP contribution in [0.1, 0.15) is 10.6 Å². The van der Waals surface area contributed by atoms with E-state index in [0.717, 1.165) is 11.4 Å². The number of aromatic nitrogens is 2. The number of hydrogen-bond acceptors (Lipinski definition) is 6. The molecule has 2 rings (SSSR count). The molecule has 2 aromatic rings. The third kappa shape index (κ3) is 3.05. The lowest BCUT2D eigenvalue weighted by molar-refractivity contribution is -0.384. The molecule has 2 aromatic heterocycles. The molecule has 0 N–H and O–H groups in total. The Kier molecular flexibility index (Phi) is 4.06. The molecule has 2 heterocycles. The predicted octanol–water partition coefficient (Wildman–Crippen LogP) is 2.43. The summed E-state index contributed by atoms with van der Waals surface area (Å²) >= 11 is 1.58. The second-order valence-corrected chi connectivity index (χ2v) is 5.13. The summed E-state index contributed by atoms with van der Waals surface area (Å²) in [6.07, 6.45) is 4.10. The molecule has 7 heteroatoms. The number of nitro groups is 1. The second kappa shape index (κ2) is 5.75. The first kappa shape index (κ1) is 13.4. The smallest absolute Gasteiger partial charge is 0.314 e. The van der Waals surface area contributed by atoms with E-state index in [1.54, 1.807) is 41.6 Å². The van der Waals surface area contributed by atoms with Gasteiger partial charge in [-0.25, -0.2) is 9.97 Å². The minimum atomic E-state index is -0.377. The standard InChI is InChI=1S/C12H14N4O2S/c1-9-3-5-14-12(11(9)16(17)18)15(2)7-4-10-13-6-8-19-10/h3,5-6,8H,4,7H2,1-2H3. The Balaban J connectivity index is 2.16. The highest BCUT2D eigenvalue weighted by Gasteiger charge is 2.21. The van der Waals surface area contributed by atoms with Crippen molar-refractivity contribution in [3.63, 3.8) is 0 Å². The summed E-state index contributed by atoms with van der Waals surface area (Å²) in [4.78, 5) is 20.9. The molecule has 0 aromatic carbocycles. The number of nitrogens with zero attached hydrogens (tertiary/aromatic N) is 4. The molecule has 19 heavy (non-hydrogen) atoms. The molecule has 0 saturated carbocycles. The molecule has 0 unspecified atom stereocenters. The van der Waals surface area contributed by atoms with Crippen LogP contribution in [0.5, 0.6) is 0 Å². The molecule has 0 saturated heterocycles. The van der Waals surface area contributed by atoms with E-state index in [1.165, 1.54) is 0 Å². The van der Waals surface area contributed by atoms with Crippen molar-refractivity contribution in [3.8, 4) is 0 Å². The highest BCUT2D eigenvalue weighted by molar-refractivity contribution is 7.09. The highest BCUT2D eigenvalue weighted by atomic mass is 32.1. The summed E-state index contributed by atoms with van der Waals surface area (Å²) in [5, 5.41) is 14.0. The van der Waals surface area contributed by atoms with Crippen LogP contribution in [0.4, 0.5) is 11.5 Å². The van der Waals surface area contributed by atoms with Crippen LogP contribution >= 0.6 is 11.3 Å². The zero-order valence-electron chi connectivity index (χ0n) is 10.7. The van der Waals surface area contributed by atoms with Crippen LogP contribution < -0.4 is 4.90 Å². The Morgan fingerprint density at radius 1 is 1.42 bits per heavy atom. The molecule has 0 atom stereocenters. The largest absolute Gasteiger partial charge is 0.354 e. The van der Waals surface area contributed by atoms with Gasteiger partial charge in [-0.15, -0.1) is 11.3 Å². The summed E-state index contributed by atoms with van der Waals surface area (Å²) in [6, 6.07) is 1.65. The van der Waals surface area contributed by atoms with E-state index in [-0.39, 0.29) is 10.6 Å². The number of likely N-dealkylation sites (N-methyl/N-ethyl adjacent to an activating group) is 1. The molecular formula is C12H14N4O2S. The van der Waals surface area contributed by atoms with Gasteiger partial charge >= 0.3 is 5.69 Å². The maximum Gasteiger partial charge on any atom is 0.314 e. The molecule has 0 bridgehead atoms. The van der Waals surface area contributed by atoms with Crippen LogP contribution in [0.15, 0.2) is 23.8 Å². The van der Waals surface area contributed by atoms with E-state index in [0.29, 0.717) is 17.9 Å². The van der Waals surface area contributed by atoms with Crippen LogP contribution in [0.3, 0.4) is 0 Å². The van der Waals surface area contributed by atoms with Crippen molar-refractivity contribution in [3.05, 3.63) is 44.5 Å². The van der Waals surface area contributed by atoms with Gasteiger partial charge in [-0.05, 0) is 13.0 Å². The van der Waals surface area contributed by atoms with Gasteiger partial charge in [0.1, 0.15) is 0 Å². The third-order valence-corrected chi connectivity index (χ3v) is 3.63. The van der Waals surface area contributed by atoms with Gasteiger partial charge in [-0.1, -0.05) is 0 Å². The Morgan fingerprint density at radius 3 is 2.84 bits per heavy atom. The number of aryl methyl sites for hydroxylation is 1.